The number of hydrogen-bond donors (Lipinski definition) is 2. The van der Waals surface area contributed by atoms with Crippen molar-refractivity contribution in [3.8, 4) is 22.3 Å². The molecule has 0 atom stereocenters. The fourth-order valence-corrected chi connectivity index (χ4v) is 3.63. The van der Waals surface area contributed by atoms with Gasteiger partial charge in [-0.1, -0.05) is 82.3 Å². The van der Waals surface area contributed by atoms with Crippen LogP contribution in [0.25, 0.3) is 22.3 Å². The highest BCUT2D eigenvalue weighted by molar-refractivity contribution is 6.09. The normalized spacial score (nSPS) is 11.1. The summed E-state index contributed by atoms with van der Waals surface area (Å²) in [7, 11) is 0. The van der Waals surface area contributed by atoms with Crippen molar-refractivity contribution in [1.29, 1.82) is 0 Å². The molecule has 0 spiro atoms. The second kappa shape index (κ2) is 8.54. The monoisotopic (exact) mass is 402 g/mol. The van der Waals surface area contributed by atoms with Crippen LogP contribution in [-0.4, -0.2) is 22.2 Å². The number of carboxylic acids is 2. The predicted octanol–water partition coefficient (Wildman–Crippen LogP) is 6.66. The van der Waals surface area contributed by atoms with Crippen molar-refractivity contribution in [2.45, 2.75) is 39.5 Å². The minimum Gasteiger partial charge on any atom is -0.478 e. The summed E-state index contributed by atoms with van der Waals surface area (Å²) in [5, 5.41) is 19.8. The SMILES string of the molecule is CC(C)c1ccc(-c2ccc(C(=O)O)c(-c3ccc(C(C)C)cc3)c2C(=O)O)cc1. The lowest BCUT2D eigenvalue weighted by Crippen LogP contribution is -2.09. The number of rotatable bonds is 6. The van der Waals surface area contributed by atoms with E-state index in [1.165, 1.54) is 6.07 Å². The van der Waals surface area contributed by atoms with Gasteiger partial charge in [0.2, 0.25) is 0 Å². The lowest BCUT2D eigenvalue weighted by Gasteiger charge is -2.16. The Kier molecular flexibility index (Phi) is 6.06. The topological polar surface area (TPSA) is 74.6 Å². The molecule has 0 aliphatic carbocycles. The van der Waals surface area contributed by atoms with E-state index in [1.807, 2.05) is 36.4 Å². The lowest BCUT2D eigenvalue weighted by atomic mass is 9.87. The van der Waals surface area contributed by atoms with Gasteiger partial charge in [-0.15, -0.1) is 0 Å². The minimum atomic E-state index is -1.15. The van der Waals surface area contributed by atoms with Gasteiger partial charge < -0.3 is 10.2 Å². The van der Waals surface area contributed by atoms with Gasteiger partial charge in [-0.2, -0.15) is 0 Å². The smallest absolute Gasteiger partial charge is 0.336 e. The zero-order valence-corrected chi connectivity index (χ0v) is 17.6. The van der Waals surface area contributed by atoms with E-state index in [-0.39, 0.29) is 16.7 Å². The quantitative estimate of drug-likeness (QED) is 0.483. The van der Waals surface area contributed by atoms with Crippen LogP contribution in [0, 0.1) is 0 Å². The van der Waals surface area contributed by atoms with Crippen LogP contribution in [0.5, 0.6) is 0 Å². The van der Waals surface area contributed by atoms with Crippen molar-refractivity contribution in [3.05, 3.63) is 82.9 Å². The number of aromatic carboxylic acids is 2. The summed E-state index contributed by atoms with van der Waals surface area (Å²) in [5.74, 6) is -1.61. The molecule has 0 aliphatic heterocycles. The average Bonchev–Trinajstić information content (AvgIpc) is 2.72. The highest BCUT2D eigenvalue weighted by atomic mass is 16.4. The van der Waals surface area contributed by atoms with Gasteiger partial charge in [0.05, 0.1) is 11.1 Å². The van der Waals surface area contributed by atoms with Crippen LogP contribution >= 0.6 is 0 Å². The fourth-order valence-electron chi connectivity index (χ4n) is 3.63. The Labute approximate surface area is 176 Å². The van der Waals surface area contributed by atoms with Gasteiger partial charge in [0.25, 0.3) is 0 Å². The molecule has 0 saturated heterocycles. The molecular weight excluding hydrogens is 376 g/mol. The van der Waals surface area contributed by atoms with Gasteiger partial charge in [0.15, 0.2) is 0 Å². The van der Waals surface area contributed by atoms with Crippen LogP contribution in [0.2, 0.25) is 0 Å². The van der Waals surface area contributed by atoms with Crippen molar-refractivity contribution in [2.24, 2.45) is 0 Å². The molecule has 0 heterocycles. The molecule has 3 aromatic carbocycles. The molecule has 0 aliphatic rings. The first kappa shape index (κ1) is 21.3. The molecule has 4 heteroatoms. The van der Waals surface area contributed by atoms with E-state index < -0.39 is 11.9 Å². The molecule has 0 radical (unpaired) electrons. The number of carboxylic acid groups (broad SMARTS) is 2. The largest absolute Gasteiger partial charge is 0.478 e. The maximum Gasteiger partial charge on any atom is 0.336 e. The van der Waals surface area contributed by atoms with Crippen LogP contribution in [0.15, 0.2) is 60.7 Å². The fraction of sp³-hybridized carbons (Fsp3) is 0.231. The molecule has 0 bridgehead atoms. The average molecular weight is 402 g/mol. The molecule has 3 rings (SSSR count). The summed E-state index contributed by atoms with van der Waals surface area (Å²) in [5.41, 5.74) is 4.30. The second-order valence-corrected chi connectivity index (χ2v) is 8.07. The second-order valence-electron chi connectivity index (χ2n) is 8.07. The number of hydrogen-bond acceptors (Lipinski definition) is 2. The van der Waals surface area contributed by atoms with Gasteiger partial charge >= 0.3 is 11.9 Å². The Hall–Kier alpha value is -3.40. The van der Waals surface area contributed by atoms with Crippen LogP contribution in [0.1, 0.15) is 71.4 Å². The molecular formula is C26H26O4. The van der Waals surface area contributed by atoms with E-state index >= 15 is 0 Å². The summed E-state index contributed by atoms with van der Waals surface area (Å²) in [6, 6.07) is 18.3. The third-order valence-corrected chi connectivity index (χ3v) is 5.40. The Morgan fingerprint density at radius 3 is 1.50 bits per heavy atom. The maximum absolute atomic E-state index is 12.3. The first-order valence-corrected chi connectivity index (χ1v) is 10.0. The standard InChI is InChI=1S/C26H26O4/c1-15(2)17-5-9-19(10-6-17)21-13-14-22(25(27)28)23(24(21)26(29)30)20-11-7-18(8-12-20)16(3)4/h5-16H,1-4H3,(H,27,28)(H,29,30). The molecule has 0 amide bonds. The Morgan fingerprint density at radius 1 is 0.633 bits per heavy atom. The highest BCUT2D eigenvalue weighted by Crippen LogP contribution is 2.36. The van der Waals surface area contributed by atoms with Gasteiger partial charge in [0.1, 0.15) is 0 Å². The van der Waals surface area contributed by atoms with Crippen LogP contribution in [0.3, 0.4) is 0 Å². The minimum absolute atomic E-state index is 0.00416. The van der Waals surface area contributed by atoms with Crippen LogP contribution in [0.4, 0.5) is 0 Å². The van der Waals surface area contributed by atoms with Gasteiger partial charge in [-0.3, -0.25) is 0 Å². The maximum atomic E-state index is 12.3. The zero-order chi connectivity index (χ0) is 22.0. The zero-order valence-electron chi connectivity index (χ0n) is 17.6. The van der Waals surface area contributed by atoms with Crippen molar-refractivity contribution in [3.63, 3.8) is 0 Å². The van der Waals surface area contributed by atoms with Crippen molar-refractivity contribution < 1.29 is 19.8 Å². The summed E-state index contributed by atoms with van der Waals surface area (Å²) in [6.45, 7) is 8.33. The number of benzene rings is 3. The first-order chi connectivity index (χ1) is 14.2. The van der Waals surface area contributed by atoms with Crippen LogP contribution in [-0.2, 0) is 0 Å². The van der Waals surface area contributed by atoms with Crippen molar-refractivity contribution >= 4 is 11.9 Å². The van der Waals surface area contributed by atoms with E-state index in [0.717, 1.165) is 16.7 Å². The van der Waals surface area contributed by atoms with E-state index in [2.05, 4.69) is 27.7 Å². The summed E-state index contributed by atoms with van der Waals surface area (Å²) in [4.78, 5) is 24.2. The molecule has 154 valence electrons. The Bertz CT molecular complexity index is 1080. The molecule has 0 unspecified atom stereocenters. The van der Waals surface area contributed by atoms with Crippen molar-refractivity contribution in [2.75, 3.05) is 0 Å². The summed E-state index contributed by atoms with van der Waals surface area (Å²) >= 11 is 0. The molecule has 2 N–H and O–H groups in total. The highest BCUT2D eigenvalue weighted by Gasteiger charge is 2.24. The molecule has 0 fully saturated rings. The van der Waals surface area contributed by atoms with E-state index in [0.29, 0.717) is 23.0 Å². The molecule has 3 aromatic rings. The number of carbonyl (C=O) groups is 2. The Morgan fingerprint density at radius 2 is 1.10 bits per heavy atom. The van der Waals surface area contributed by atoms with Crippen LogP contribution < -0.4 is 0 Å². The predicted molar refractivity (Wildman–Crippen MR) is 119 cm³/mol. The summed E-state index contributed by atoms with van der Waals surface area (Å²) in [6.07, 6.45) is 0. The van der Waals surface area contributed by atoms with E-state index in [4.69, 9.17) is 0 Å². The lowest BCUT2D eigenvalue weighted by molar-refractivity contribution is 0.0696. The third-order valence-electron chi connectivity index (χ3n) is 5.40. The van der Waals surface area contributed by atoms with E-state index in [1.54, 1.807) is 18.2 Å². The Balaban J connectivity index is 2.27. The first-order valence-electron chi connectivity index (χ1n) is 10.0. The van der Waals surface area contributed by atoms with E-state index in [9.17, 15) is 19.8 Å². The van der Waals surface area contributed by atoms with Gasteiger partial charge in [-0.25, -0.2) is 9.59 Å². The molecule has 0 saturated carbocycles. The summed E-state index contributed by atoms with van der Waals surface area (Å²) < 4.78 is 0. The van der Waals surface area contributed by atoms with Gasteiger partial charge in [-0.05, 0) is 45.7 Å². The van der Waals surface area contributed by atoms with Gasteiger partial charge in [0, 0.05) is 5.56 Å². The molecule has 4 nitrogen and oxygen atoms in total. The third kappa shape index (κ3) is 4.13. The molecule has 0 aromatic heterocycles. The molecule has 30 heavy (non-hydrogen) atoms. The van der Waals surface area contributed by atoms with Crippen molar-refractivity contribution in [1.82, 2.24) is 0 Å².